The number of fused-ring (bicyclic) bond motifs is 6. The molecule has 2 N–H and O–H groups in total. The number of aliphatic carboxylic acids is 1. The van der Waals surface area contributed by atoms with E-state index in [2.05, 4.69) is 52.4 Å². The van der Waals surface area contributed by atoms with Crippen LogP contribution in [0.4, 0.5) is 17.1 Å². The highest BCUT2D eigenvalue weighted by Crippen LogP contribution is 2.57. The fourth-order valence-electron chi connectivity index (χ4n) is 9.85. The maximum Gasteiger partial charge on any atom is 0.339 e. The molecule has 0 saturated heterocycles. The van der Waals surface area contributed by atoms with Crippen LogP contribution in [0.15, 0.2) is 48.5 Å². The molecular weight excluding hydrogens is 634 g/mol. The van der Waals surface area contributed by atoms with Crippen LogP contribution in [0.5, 0.6) is 0 Å². The number of amides is 1. The number of carbonyl (C=O) groups excluding carboxylic acids is 3. The molecule has 6 aliphatic rings. The van der Waals surface area contributed by atoms with E-state index in [9.17, 15) is 19.2 Å². The van der Waals surface area contributed by atoms with E-state index in [1.807, 2.05) is 6.07 Å². The van der Waals surface area contributed by atoms with Gasteiger partial charge >= 0.3 is 17.9 Å². The van der Waals surface area contributed by atoms with Crippen molar-refractivity contribution in [2.75, 3.05) is 28.9 Å². The second-order valence-electron chi connectivity index (χ2n) is 15.2. The Morgan fingerprint density at radius 2 is 1.42 bits per heavy atom. The molecule has 0 spiro atoms. The molecule has 50 heavy (non-hydrogen) atoms. The lowest BCUT2D eigenvalue weighted by Crippen LogP contribution is -2.52. The topological polar surface area (TPSA) is 125 Å². The molecule has 4 saturated carbocycles. The first kappa shape index (κ1) is 32.4. The number of rotatable bonds is 9. The highest BCUT2D eigenvalue weighted by Gasteiger charge is 2.53. The van der Waals surface area contributed by atoms with E-state index in [4.69, 9.17) is 14.6 Å². The normalized spacial score (nSPS) is 23.9. The third-order valence-corrected chi connectivity index (χ3v) is 11.5. The molecule has 6 bridgehead atoms. The Morgan fingerprint density at radius 1 is 0.820 bits per heavy atom. The first-order valence-corrected chi connectivity index (χ1v) is 17.8. The van der Waals surface area contributed by atoms with Crippen LogP contribution in [0.1, 0.15) is 95.2 Å². The molecule has 2 heterocycles. The summed E-state index contributed by atoms with van der Waals surface area (Å²) in [5.74, 6) is -0.850. The number of carboxylic acid groups (broad SMARTS) is 1. The van der Waals surface area contributed by atoms with Gasteiger partial charge in [-0.25, -0.2) is 9.59 Å². The number of esters is 2. The first-order valence-electron chi connectivity index (χ1n) is 17.8. The summed E-state index contributed by atoms with van der Waals surface area (Å²) in [6.45, 7) is 4.34. The molecule has 260 valence electrons. The molecule has 2 aliphatic heterocycles. The molecule has 10 heteroatoms. The summed E-state index contributed by atoms with van der Waals surface area (Å²) in [6, 6.07) is 15.8. The largest absolute Gasteiger partial charge is 0.481 e. The molecule has 3 aromatic carbocycles. The average molecular weight is 678 g/mol. The Hall–Kier alpha value is -4.86. The Labute approximate surface area is 291 Å². The summed E-state index contributed by atoms with van der Waals surface area (Å²) in [7, 11) is 1.30. The Morgan fingerprint density at radius 3 is 2.04 bits per heavy atom. The van der Waals surface area contributed by atoms with Crippen LogP contribution in [0.25, 0.3) is 11.1 Å². The predicted molar refractivity (Wildman–Crippen MR) is 188 cm³/mol. The van der Waals surface area contributed by atoms with Crippen molar-refractivity contribution in [3.63, 3.8) is 0 Å². The number of anilines is 3. The minimum Gasteiger partial charge on any atom is -0.481 e. The molecular formula is C40H43N3O7. The van der Waals surface area contributed by atoms with Crippen molar-refractivity contribution >= 4 is 40.9 Å². The number of nitrogens with one attached hydrogen (secondary N) is 1. The standard InChI is InChI=1S/C40H43N3O7/c1-23-6-8-33-28(10-23)20-42-22-43(33)21-29-14-27(7-9-34(29)42)37-31(38(47)49-2)15-30(41-35(44)4-3-5-36(45)46)16-32(37)39(48)50-40-17-24-11-25(18-40)13-26(12-24)19-40/h6-10,14-16,24-26H,3-5,11-13,17-22H2,1-2H3,(H,41,44)(H,45,46). The summed E-state index contributed by atoms with van der Waals surface area (Å²) >= 11 is 0. The van der Waals surface area contributed by atoms with Gasteiger partial charge in [-0.05, 0) is 117 Å². The van der Waals surface area contributed by atoms with E-state index in [-0.39, 0.29) is 36.1 Å². The van der Waals surface area contributed by atoms with Crippen molar-refractivity contribution in [3.8, 4) is 11.1 Å². The van der Waals surface area contributed by atoms with Gasteiger partial charge in [-0.1, -0.05) is 23.8 Å². The van der Waals surface area contributed by atoms with Crippen LogP contribution < -0.4 is 15.1 Å². The van der Waals surface area contributed by atoms with E-state index in [0.29, 0.717) is 35.4 Å². The van der Waals surface area contributed by atoms with Gasteiger partial charge in [-0.15, -0.1) is 0 Å². The number of nitrogens with zero attached hydrogens (tertiary/aromatic N) is 2. The van der Waals surface area contributed by atoms with E-state index >= 15 is 0 Å². The fraction of sp³-hybridized carbons (Fsp3) is 0.450. The summed E-state index contributed by atoms with van der Waals surface area (Å²) in [5.41, 5.74) is 7.08. The number of benzene rings is 3. The number of hydrogen-bond donors (Lipinski definition) is 2. The summed E-state index contributed by atoms with van der Waals surface area (Å²) < 4.78 is 11.8. The molecule has 3 aromatic rings. The molecule has 0 radical (unpaired) electrons. The molecule has 9 rings (SSSR count). The number of methoxy groups -OCH3 is 1. The van der Waals surface area contributed by atoms with Crippen molar-refractivity contribution in [1.82, 2.24) is 0 Å². The third-order valence-electron chi connectivity index (χ3n) is 11.5. The summed E-state index contributed by atoms with van der Waals surface area (Å²) in [6.07, 6.45) is 6.18. The fourth-order valence-corrected chi connectivity index (χ4v) is 9.85. The summed E-state index contributed by atoms with van der Waals surface area (Å²) in [5, 5.41) is 11.8. The van der Waals surface area contributed by atoms with Gasteiger partial charge in [0.15, 0.2) is 0 Å². The van der Waals surface area contributed by atoms with Gasteiger partial charge in [0.05, 0.1) is 24.9 Å². The van der Waals surface area contributed by atoms with Crippen molar-refractivity contribution in [2.45, 2.75) is 83.4 Å². The van der Waals surface area contributed by atoms with Gasteiger partial charge < -0.3 is 29.7 Å². The molecule has 1 amide bonds. The SMILES string of the molecule is COC(=O)c1cc(NC(=O)CCCC(=O)O)cc(C(=O)OC23CC4CC(CC(C4)C2)C3)c1-c1ccc2c(c1)CN1CN2Cc2cc(C)ccc21. The third kappa shape index (κ3) is 5.98. The van der Waals surface area contributed by atoms with Crippen LogP contribution in [0.3, 0.4) is 0 Å². The lowest BCUT2D eigenvalue weighted by atomic mass is 9.54. The first-order chi connectivity index (χ1) is 24.1. The van der Waals surface area contributed by atoms with Gasteiger partial charge in [-0.3, -0.25) is 9.59 Å². The zero-order chi connectivity index (χ0) is 34.7. The van der Waals surface area contributed by atoms with Crippen LogP contribution in [-0.4, -0.2) is 48.3 Å². The van der Waals surface area contributed by atoms with Crippen molar-refractivity contribution in [1.29, 1.82) is 0 Å². The highest BCUT2D eigenvalue weighted by atomic mass is 16.6. The second kappa shape index (κ2) is 12.5. The number of carbonyl (C=O) groups is 4. The van der Waals surface area contributed by atoms with E-state index in [1.54, 1.807) is 6.07 Å². The predicted octanol–water partition coefficient (Wildman–Crippen LogP) is 7.07. The highest BCUT2D eigenvalue weighted by molar-refractivity contribution is 6.08. The van der Waals surface area contributed by atoms with Gasteiger partial charge in [-0.2, -0.15) is 0 Å². The van der Waals surface area contributed by atoms with Crippen LogP contribution >= 0.6 is 0 Å². The quantitative estimate of drug-likeness (QED) is 0.229. The molecule has 0 atom stereocenters. The number of hydrogen-bond acceptors (Lipinski definition) is 8. The molecule has 10 nitrogen and oxygen atoms in total. The number of ether oxygens (including phenoxy) is 2. The minimum atomic E-state index is -0.980. The van der Waals surface area contributed by atoms with Gasteiger partial charge in [0.1, 0.15) is 5.60 Å². The Balaban J connectivity index is 1.19. The second-order valence-corrected chi connectivity index (χ2v) is 15.2. The van der Waals surface area contributed by atoms with Gasteiger partial charge in [0.2, 0.25) is 5.91 Å². The maximum absolute atomic E-state index is 14.5. The summed E-state index contributed by atoms with van der Waals surface area (Å²) in [4.78, 5) is 56.6. The molecule has 4 aliphatic carbocycles. The van der Waals surface area contributed by atoms with Crippen molar-refractivity contribution < 1.29 is 33.8 Å². The smallest absolute Gasteiger partial charge is 0.339 e. The molecule has 4 fully saturated rings. The lowest BCUT2D eigenvalue weighted by Gasteiger charge is -2.55. The van der Waals surface area contributed by atoms with Crippen LogP contribution in [0, 0.1) is 24.7 Å². The molecule has 0 aromatic heterocycles. The van der Waals surface area contributed by atoms with Crippen LogP contribution in [0.2, 0.25) is 0 Å². The zero-order valence-electron chi connectivity index (χ0n) is 28.6. The van der Waals surface area contributed by atoms with Gasteiger partial charge in [0.25, 0.3) is 0 Å². The Kier molecular flexibility index (Phi) is 8.07. The monoisotopic (exact) mass is 677 g/mol. The minimum absolute atomic E-state index is 0.0187. The van der Waals surface area contributed by atoms with E-state index < -0.39 is 29.4 Å². The lowest BCUT2D eigenvalue weighted by molar-refractivity contribution is -0.137. The van der Waals surface area contributed by atoms with Gasteiger partial charge in [0, 0.05) is 48.6 Å². The molecule has 0 unspecified atom stereocenters. The van der Waals surface area contributed by atoms with Crippen LogP contribution in [-0.2, 0) is 32.2 Å². The van der Waals surface area contributed by atoms with Crippen molar-refractivity contribution in [2.24, 2.45) is 17.8 Å². The number of aryl methyl sites for hydroxylation is 1. The Bertz CT molecular complexity index is 1880. The zero-order valence-corrected chi connectivity index (χ0v) is 28.6. The average Bonchev–Trinajstić information content (AvgIpc) is 3.06. The maximum atomic E-state index is 14.5. The van der Waals surface area contributed by atoms with Crippen molar-refractivity contribution in [3.05, 3.63) is 76.3 Å². The van der Waals surface area contributed by atoms with E-state index in [0.717, 1.165) is 43.7 Å². The number of carboxylic acids is 1. The van der Waals surface area contributed by atoms with E-state index in [1.165, 1.54) is 49.3 Å².